The molecule has 0 amide bonds. The first kappa shape index (κ1) is 12.4. The highest BCUT2D eigenvalue weighted by Gasteiger charge is 2.13. The van der Waals surface area contributed by atoms with Gasteiger partial charge in [-0.1, -0.05) is 0 Å². The Morgan fingerprint density at radius 2 is 1.69 bits per heavy atom. The summed E-state index contributed by atoms with van der Waals surface area (Å²) in [5.74, 6) is -0.325. The number of carbonyl (C=O) groups is 2. The number of esters is 1. The Balaban J connectivity index is 3.19. The Morgan fingerprint density at radius 1 is 1.19 bits per heavy atom. The van der Waals surface area contributed by atoms with E-state index < -0.39 is 0 Å². The van der Waals surface area contributed by atoms with Crippen LogP contribution in [0, 0.1) is 13.8 Å². The summed E-state index contributed by atoms with van der Waals surface area (Å²) in [5, 5.41) is 0. The Morgan fingerprint density at radius 3 is 2.06 bits per heavy atom. The van der Waals surface area contributed by atoms with Crippen LogP contribution in [0.3, 0.4) is 0 Å². The molecule has 1 rings (SSSR count). The number of Topliss-reactive ketones (excluding diaryl/α,β-unsaturated/α-hetero) is 1. The summed E-state index contributed by atoms with van der Waals surface area (Å²) >= 11 is 0. The summed E-state index contributed by atoms with van der Waals surface area (Å²) in [7, 11) is 0. The molecular formula is C13H16O3. The summed E-state index contributed by atoms with van der Waals surface area (Å²) in [5.41, 5.74) is 2.82. The first-order valence-corrected chi connectivity index (χ1v) is 5.26. The molecule has 16 heavy (non-hydrogen) atoms. The number of hydrogen-bond acceptors (Lipinski definition) is 3. The van der Waals surface area contributed by atoms with Crippen molar-refractivity contribution in [2.75, 3.05) is 6.61 Å². The van der Waals surface area contributed by atoms with E-state index in [2.05, 4.69) is 0 Å². The molecule has 0 atom stereocenters. The van der Waals surface area contributed by atoms with Crippen LogP contribution in [-0.2, 0) is 4.74 Å². The van der Waals surface area contributed by atoms with Gasteiger partial charge in [-0.25, -0.2) is 4.79 Å². The summed E-state index contributed by atoms with van der Waals surface area (Å²) < 4.78 is 4.91. The van der Waals surface area contributed by atoms with Gasteiger partial charge in [0, 0.05) is 5.56 Å². The van der Waals surface area contributed by atoms with Crippen LogP contribution in [0.15, 0.2) is 12.1 Å². The van der Waals surface area contributed by atoms with Crippen LogP contribution in [0.5, 0.6) is 0 Å². The van der Waals surface area contributed by atoms with Gasteiger partial charge in [0.15, 0.2) is 5.78 Å². The molecule has 0 unspecified atom stereocenters. The van der Waals surface area contributed by atoms with E-state index in [0.717, 1.165) is 11.1 Å². The molecule has 0 bridgehead atoms. The zero-order valence-electron chi connectivity index (χ0n) is 10.1. The van der Waals surface area contributed by atoms with E-state index in [-0.39, 0.29) is 11.8 Å². The van der Waals surface area contributed by atoms with E-state index in [4.69, 9.17) is 4.74 Å². The minimum Gasteiger partial charge on any atom is -0.462 e. The number of carbonyl (C=O) groups excluding carboxylic acids is 2. The summed E-state index contributed by atoms with van der Waals surface area (Å²) in [6, 6.07) is 3.39. The predicted octanol–water partition coefficient (Wildman–Crippen LogP) is 2.68. The molecule has 3 nitrogen and oxygen atoms in total. The molecule has 3 heteroatoms. The fourth-order valence-corrected chi connectivity index (χ4v) is 1.85. The maximum absolute atomic E-state index is 11.5. The van der Waals surface area contributed by atoms with Gasteiger partial charge in [-0.15, -0.1) is 0 Å². The second-order valence-electron chi connectivity index (χ2n) is 3.76. The normalized spacial score (nSPS) is 10.0. The topological polar surface area (TPSA) is 43.4 Å². The highest BCUT2D eigenvalue weighted by Crippen LogP contribution is 2.18. The molecule has 0 heterocycles. The lowest BCUT2D eigenvalue weighted by Crippen LogP contribution is -2.08. The highest BCUT2D eigenvalue weighted by atomic mass is 16.5. The Labute approximate surface area is 95.4 Å². The van der Waals surface area contributed by atoms with Gasteiger partial charge < -0.3 is 4.74 Å². The van der Waals surface area contributed by atoms with E-state index in [1.807, 2.05) is 13.8 Å². The maximum Gasteiger partial charge on any atom is 0.338 e. The summed E-state index contributed by atoms with van der Waals surface area (Å²) in [6.45, 7) is 7.30. The van der Waals surface area contributed by atoms with Crippen LogP contribution in [0.25, 0.3) is 0 Å². The predicted molar refractivity (Wildman–Crippen MR) is 61.9 cm³/mol. The Hall–Kier alpha value is -1.64. The molecule has 0 saturated heterocycles. The van der Waals surface area contributed by atoms with Gasteiger partial charge in [-0.2, -0.15) is 0 Å². The van der Waals surface area contributed by atoms with Crippen molar-refractivity contribution in [3.05, 3.63) is 34.4 Å². The SMILES string of the molecule is CCOC(=O)c1cc(C)c(C(C)=O)c(C)c1. The lowest BCUT2D eigenvalue weighted by molar-refractivity contribution is 0.0526. The largest absolute Gasteiger partial charge is 0.462 e. The fraction of sp³-hybridized carbons (Fsp3) is 0.385. The van der Waals surface area contributed by atoms with Crippen molar-refractivity contribution in [1.29, 1.82) is 0 Å². The van der Waals surface area contributed by atoms with Crippen LogP contribution in [0.1, 0.15) is 45.7 Å². The van der Waals surface area contributed by atoms with E-state index in [1.54, 1.807) is 19.1 Å². The number of ether oxygens (including phenoxy) is 1. The van der Waals surface area contributed by atoms with Gasteiger partial charge in [0.1, 0.15) is 0 Å². The first-order valence-electron chi connectivity index (χ1n) is 5.26. The molecule has 1 aromatic carbocycles. The monoisotopic (exact) mass is 220 g/mol. The van der Waals surface area contributed by atoms with Crippen molar-refractivity contribution in [3.63, 3.8) is 0 Å². The van der Waals surface area contributed by atoms with Gasteiger partial charge in [0.05, 0.1) is 12.2 Å². The second-order valence-corrected chi connectivity index (χ2v) is 3.76. The quantitative estimate of drug-likeness (QED) is 0.581. The minimum absolute atomic E-state index is 0.0189. The minimum atomic E-state index is -0.344. The average molecular weight is 220 g/mol. The molecule has 0 aliphatic rings. The van der Waals surface area contributed by atoms with Crippen LogP contribution >= 0.6 is 0 Å². The summed E-state index contributed by atoms with van der Waals surface area (Å²) in [6.07, 6.45) is 0. The molecule has 0 saturated carbocycles. The molecule has 0 aliphatic carbocycles. The van der Waals surface area contributed by atoms with E-state index >= 15 is 0 Å². The second kappa shape index (κ2) is 4.92. The maximum atomic E-state index is 11.5. The standard InChI is InChI=1S/C13H16O3/c1-5-16-13(15)11-6-8(2)12(10(4)14)9(3)7-11/h6-7H,5H2,1-4H3. The Kier molecular flexibility index (Phi) is 3.82. The van der Waals surface area contributed by atoms with Crippen molar-refractivity contribution in [2.24, 2.45) is 0 Å². The molecule has 0 aliphatic heterocycles. The number of benzene rings is 1. The fourth-order valence-electron chi connectivity index (χ4n) is 1.85. The lowest BCUT2D eigenvalue weighted by Gasteiger charge is -2.09. The molecule has 0 aromatic heterocycles. The molecular weight excluding hydrogens is 204 g/mol. The van der Waals surface area contributed by atoms with Crippen molar-refractivity contribution in [1.82, 2.24) is 0 Å². The molecule has 0 fully saturated rings. The third-order valence-electron chi connectivity index (χ3n) is 2.40. The van der Waals surface area contributed by atoms with Gasteiger partial charge >= 0.3 is 5.97 Å². The van der Waals surface area contributed by atoms with Crippen LogP contribution in [0.4, 0.5) is 0 Å². The molecule has 0 radical (unpaired) electrons. The molecule has 0 N–H and O–H groups in total. The average Bonchev–Trinajstić information content (AvgIpc) is 2.16. The zero-order chi connectivity index (χ0) is 12.3. The molecule has 1 aromatic rings. The third-order valence-corrected chi connectivity index (χ3v) is 2.40. The Bertz CT molecular complexity index is 410. The van der Waals surface area contributed by atoms with Crippen molar-refractivity contribution >= 4 is 11.8 Å². The van der Waals surface area contributed by atoms with Crippen LogP contribution in [-0.4, -0.2) is 18.4 Å². The van der Waals surface area contributed by atoms with Gasteiger partial charge in [0.25, 0.3) is 0 Å². The molecule has 0 spiro atoms. The van der Waals surface area contributed by atoms with Crippen LogP contribution < -0.4 is 0 Å². The van der Waals surface area contributed by atoms with Gasteiger partial charge in [-0.05, 0) is 51.0 Å². The highest BCUT2D eigenvalue weighted by molar-refractivity contribution is 5.99. The van der Waals surface area contributed by atoms with Crippen molar-refractivity contribution in [2.45, 2.75) is 27.7 Å². The van der Waals surface area contributed by atoms with Gasteiger partial charge in [0.2, 0.25) is 0 Å². The number of ketones is 1. The third kappa shape index (κ3) is 2.48. The lowest BCUT2D eigenvalue weighted by atomic mass is 9.97. The first-order chi connectivity index (χ1) is 7.47. The van der Waals surface area contributed by atoms with E-state index in [1.165, 1.54) is 6.92 Å². The van der Waals surface area contributed by atoms with Crippen LogP contribution in [0.2, 0.25) is 0 Å². The van der Waals surface area contributed by atoms with E-state index in [0.29, 0.717) is 17.7 Å². The number of rotatable bonds is 3. The van der Waals surface area contributed by atoms with Gasteiger partial charge in [-0.3, -0.25) is 4.79 Å². The van der Waals surface area contributed by atoms with Crippen molar-refractivity contribution in [3.8, 4) is 0 Å². The zero-order valence-corrected chi connectivity index (χ0v) is 10.1. The number of hydrogen-bond donors (Lipinski definition) is 0. The summed E-state index contributed by atoms with van der Waals surface area (Å²) in [4.78, 5) is 22.9. The van der Waals surface area contributed by atoms with E-state index in [9.17, 15) is 9.59 Å². The number of aryl methyl sites for hydroxylation is 2. The molecule has 86 valence electrons. The smallest absolute Gasteiger partial charge is 0.338 e. The van der Waals surface area contributed by atoms with Crippen molar-refractivity contribution < 1.29 is 14.3 Å².